The van der Waals surface area contributed by atoms with E-state index in [1.807, 2.05) is 28.9 Å². The number of nitrogens with zero attached hydrogens (tertiary/aromatic N) is 5. The van der Waals surface area contributed by atoms with Gasteiger partial charge in [0.25, 0.3) is 0 Å². The highest BCUT2D eigenvalue weighted by Gasteiger charge is 2.28. The van der Waals surface area contributed by atoms with Crippen LogP contribution in [-0.2, 0) is 4.79 Å². The van der Waals surface area contributed by atoms with Gasteiger partial charge in [0, 0.05) is 18.7 Å². The van der Waals surface area contributed by atoms with Crippen LogP contribution in [0.5, 0.6) is 17.2 Å². The summed E-state index contributed by atoms with van der Waals surface area (Å²) in [7, 11) is 0. The van der Waals surface area contributed by atoms with E-state index in [1.54, 1.807) is 29.2 Å². The average Bonchev–Trinajstić information content (AvgIpc) is 3.26. The molecule has 1 amide bonds. The van der Waals surface area contributed by atoms with Crippen molar-refractivity contribution >= 4 is 22.8 Å². The van der Waals surface area contributed by atoms with Crippen molar-refractivity contribution in [2.24, 2.45) is 0 Å². The number of hydrogen-bond acceptors (Lipinski definition) is 7. The normalized spacial score (nSPS) is 15.9. The first-order valence-corrected chi connectivity index (χ1v) is 11.0. The van der Waals surface area contributed by atoms with E-state index in [4.69, 9.17) is 15.6 Å². The molecule has 1 fully saturated rings. The van der Waals surface area contributed by atoms with Crippen molar-refractivity contribution in [2.45, 2.75) is 18.9 Å². The molecule has 1 unspecified atom stereocenters. The zero-order valence-electron chi connectivity index (χ0n) is 18.5. The Morgan fingerprint density at radius 2 is 1.82 bits per heavy atom. The number of fused-ring (bicyclic) bond motifs is 1. The van der Waals surface area contributed by atoms with Gasteiger partial charge in [0.2, 0.25) is 5.91 Å². The Morgan fingerprint density at radius 3 is 2.53 bits per heavy atom. The van der Waals surface area contributed by atoms with Crippen molar-refractivity contribution in [3.05, 3.63) is 67.5 Å². The van der Waals surface area contributed by atoms with Gasteiger partial charge in [-0.2, -0.15) is 5.10 Å². The first-order chi connectivity index (χ1) is 16.5. The summed E-state index contributed by atoms with van der Waals surface area (Å²) in [4.78, 5) is 22.6. The second-order valence-electron chi connectivity index (χ2n) is 8.16. The number of benzene rings is 2. The number of piperidine rings is 1. The highest BCUT2D eigenvalue weighted by molar-refractivity contribution is 5.98. The minimum Gasteiger partial charge on any atom is -0.508 e. The number of likely N-dealkylation sites (tertiary alicyclic amines) is 1. The van der Waals surface area contributed by atoms with Gasteiger partial charge >= 0.3 is 0 Å². The number of ether oxygens (including phenoxy) is 1. The van der Waals surface area contributed by atoms with E-state index in [9.17, 15) is 9.90 Å². The summed E-state index contributed by atoms with van der Waals surface area (Å²) in [5.41, 5.74) is 8.42. The van der Waals surface area contributed by atoms with Crippen molar-refractivity contribution in [1.29, 1.82) is 0 Å². The number of phenols is 1. The van der Waals surface area contributed by atoms with Gasteiger partial charge in [-0.1, -0.05) is 6.58 Å². The number of carbonyl (C=O) groups is 1. The van der Waals surface area contributed by atoms with Gasteiger partial charge in [-0.15, -0.1) is 0 Å². The van der Waals surface area contributed by atoms with Crippen LogP contribution >= 0.6 is 0 Å². The number of phenolic OH excluding ortho intramolecular Hbond substituents is 1. The molecule has 172 valence electrons. The summed E-state index contributed by atoms with van der Waals surface area (Å²) in [6, 6.07) is 14.0. The summed E-state index contributed by atoms with van der Waals surface area (Å²) in [5.74, 6) is 1.72. The molecule has 0 bridgehead atoms. The Labute approximate surface area is 196 Å². The van der Waals surface area contributed by atoms with E-state index in [2.05, 4.69) is 16.5 Å². The van der Waals surface area contributed by atoms with Crippen LogP contribution in [-0.4, -0.2) is 48.8 Å². The van der Waals surface area contributed by atoms with Gasteiger partial charge in [-0.05, 0) is 67.4 Å². The number of aromatic hydroxyl groups is 1. The van der Waals surface area contributed by atoms with E-state index >= 15 is 0 Å². The second kappa shape index (κ2) is 8.86. The topological polar surface area (TPSA) is 119 Å². The Balaban J connectivity index is 1.48. The Kier molecular flexibility index (Phi) is 5.59. The third kappa shape index (κ3) is 4.03. The highest BCUT2D eigenvalue weighted by Crippen LogP contribution is 2.35. The van der Waals surface area contributed by atoms with Crippen molar-refractivity contribution in [1.82, 2.24) is 24.6 Å². The third-order valence-corrected chi connectivity index (χ3v) is 5.95. The monoisotopic (exact) mass is 456 g/mol. The quantitative estimate of drug-likeness (QED) is 0.437. The lowest BCUT2D eigenvalue weighted by Gasteiger charge is -2.32. The van der Waals surface area contributed by atoms with Gasteiger partial charge in [0.1, 0.15) is 35.1 Å². The fraction of sp³-hybridized carbons (Fsp3) is 0.200. The fourth-order valence-corrected chi connectivity index (χ4v) is 4.27. The number of hydrogen-bond donors (Lipinski definition) is 2. The van der Waals surface area contributed by atoms with E-state index in [0.717, 1.165) is 18.4 Å². The van der Waals surface area contributed by atoms with E-state index in [0.29, 0.717) is 47.1 Å². The molecule has 1 aliphatic heterocycles. The molecular formula is C25H24N6O3. The number of rotatable bonds is 5. The lowest BCUT2D eigenvalue weighted by molar-refractivity contribution is -0.127. The molecular weight excluding hydrogens is 432 g/mol. The van der Waals surface area contributed by atoms with Crippen molar-refractivity contribution in [3.63, 3.8) is 0 Å². The van der Waals surface area contributed by atoms with Crippen molar-refractivity contribution in [3.8, 4) is 28.5 Å². The summed E-state index contributed by atoms with van der Waals surface area (Å²) in [6.07, 6.45) is 4.52. The minimum atomic E-state index is -0.0836. The third-order valence-electron chi connectivity index (χ3n) is 5.95. The molecule has 0 aliphatic carbocycles. The first-order valence-electron chi connectivity index (χ1n) is 11.0. The molecule has 2 aromatic carbocycles. The SMILES string of the molecule is C=CC(=O)N1CCCC(n2nc(-c3ccc(Oc4ccc(O)cc4)cc3)c3c(N)ncnc32)C1. The summed E-state index contributed by atoms with van der Waals surface area (Å²) in [6.45, 7) is 4.84. The van der Waals surface area contributed by atoms with Crippen LogP contribution in [0.25, 0.3) is 22.3 Å². The molecule has 3 N–H and O–H groups in total. The van der Waals surface area contributed by atoms with Crippen LogP contribution in [0, 0.1) is 0 Å². The maximum Gasteiger partial charge on any atom is 0.246 e. The predicted molar refractivity (Wildman–Crippen MR) is 128 cm³/mol. The smallest absolute Gasteiger partial charge is 0.246 e. The highest BCUT2D eigenvalue weighted by atomic mass is 16.5. The van der Waals surface area contributed by atoms with Gasteiger partial charge < -0.3 is 20.5 Å². The molecule has 1 saturated heterocycles. The molecule has 5 rings (SSSR count). The maximum atomic E-state index is 12.2. The number of carbonyl (C=O) groups excluding carboxylic acids is 1. The largest absolute Gasteiger partial charge is 0.508 e. The number of nitrogen functional groups attached to an aromatic ring is 1. The lowest BCUT2D eigenvalue weighted by atomic mass is 10.1. The van der Waals surface area contributed by atoms with Crippen LogP contribution in [0.3, 0.4) is 0 Å². The molecule has 0 saturated carbocycles. The number of amides is 1. The van der Waals surface area contributed by atoms with Crippen LogP contribution in [0.15, 0.2) is 67.5 Å². The van der Waals surface area contributed by atoms with Crippen LogP contribution in [0.4, 0.5) is 5.82 Å². The van der Waals surface area contributed by atoms with E-state index < -0.39 is 0 Å². The Bertz CT molecular complexity index is 1350. The number of nitrogens with two attached hydrogens (primary N) is 1. The van der Waals surface area contributed by atoms with Crippen LogP contribution in [0.1, 0.15) is 18.9 Å². The standard InChI is InChI=1S/C25H24N6O3/c1-2-21(33)30-13-3-4-17(14-30)31-25-22(24(26)27-15-28-25)23(29-31)16-5-9-19(10-6-16)34-20-11-7-18(32)8-12-20/h2,5-12,15,17,32H,1,3-4,13-14H2,(H2,26,27,28). The fourth-order valence-electron chi connectivity index (χ4n) is 4.27. The molecule has 9 nitrogen and oxygen atoms in total. The molecule has 0 spiro atoms. The van der Waals surface area contributed by atoms with Crippen molar-refractivity contribution in [2.75, 3.05) is 18.8 Å². The van der Waals surface area contributed by atoms with E-state index in [-0.39, 0.29) is 17.7 Å². The lowest BCUT2D eigenvalue weighted by Crippen LogP contribution is -2.40. The molecule has 1 atom stereocenters. The summed E-state index contributed by atoms with van der Waals surface area (Å²) < 4.78 is 7.72. The average molecular weight is 457 g/mol. The molecule has 2 aromatic heterocycles. The summed E-state index contributed by atoms with van der Waals surface area (Å²) in [5, 5.41) is 15.0. The van der Waals surface area contributed by atoms with Gasteiger partial charge in [0.05, 0.1) is 11.4 Å². The predicted octanol–water partition coefficient (Wildman–Crippen LogP) is 3.92. The van der Waals surface area contributed by atoms with Gasteiger partial charge in [0.15, 0.2) is 5.65 Å². The van der Waals surface area contributed by atoms with Crippen LogP contribution < -0.4 is 10.5 Å². The zero-order valence-corrected chi connectivity index (χ0v) is 18.5. The Morgan fingerprint density at radius 1 is 1.12 bits per heavy atom. The maximum absolute atomic E-state index is 12.2. The second-order valence-corrected chi connectivity index (χ2v) is 8.16. The molecule has 9 heteroatoms. The number of aromatic nitrogens is 4. The first kappa shape index (κ1) is 21.4. The van der Waals surface area contributed by atoms with E-state index in [1.165, 1.54) is 12.4 Å². The van der Waals surface area contributed by atoms with Crippen molar-refractivity contribution < 1.29 is 14.6 Å². The molecule has 4 aromatic rings. The zero-order chi connectivity index (χ0) is 23.7. The van der Waals surface area contributed by atoms with Gasteiger partial charge in [-0.3, -0.25) is 4.79 Å². The molecule has 1 aliphatic rings. The van der Waals surface area contributed by atoms with Crippen LogP contribution in [0.2, 0.25) is 0 Å². The van der Waals surface area contributed by atoms with Gasteiger partial charge in [-0.25, -0.2) is 14.6 Å². The molecule has 3 heterocycles. The molecule has 34 heavy (non-hydrogen) atoms. The Hall–Kier alpha value is -4.40. The molecule has 0 radical (unpaired) electrons. The summed E-state index contributed by atoms with van der Waals surface area (Å²) >= 11 is 0. The minimum absolute atomic E-state index is 0.0275. The number of anilines is 1.